The van der Waals surface area contributed by atoms with E-state index in [4.69, 9.17) is 0 Å². The second kappa shape index (κ2) is 5.29. The highest BCUT2D eigenvalue weighted by Crippen LogP contribution is 2.12. The standard InChI is InChI=1S/C10H16BrN3/c1-7-4-10(14-12-6-7)13-9(3)8(2)5-11/h4,6,8-9H,5H2,1-3H3,(H,13,14). The van der Waals surface area contributed by atoms with Crippen molar-refractivity contribution in [3.8, 4) is 0 Å². The summed E-state index contributed by atoms with van der Waals surface area (Å²) in [5, 5.41) is 12.2. The minimum Gasteiger partial charge on any atom is -0.366 e. The van der Waals surface area contributed by atoms with Gasteiger partial charge in [-0.1, -0.05) is 22.9 Å². The smallest absolute Gasteiger partial charge is 0.149 e. The first kappa shape index (κ1) is 11.4. The van der Waals surface area contributed by atoms with Crippen LogP contribution in [0, 0.1) is 12.8 Å². The van der Waals surface area contributed by atoms with Crippen LogP contribution in [0.3, 0.4) is 0 Å². The molecule has 0 saturated carbocycles. The van der Waals surface area contributed by atoms with Crippen LogP contribution < -0.4 is 5.32 Å². The van der Waals surface area contributed by atoms with Crippen LogP contribution in [0.2, 0.25) is 0 Å². The highest BCUT2D eigenvalue weighted by Gasteiger charge is 2.10. The van der Waals surface area contributed by atoms with Crippen LogP contribution in [0.5, 0.6) is 0 Å². The molecule has 0 saturated heterocycles. The zero-order valence-corrected chi connectivity index (χ0v) is 10.4. The molecule has 0 fully saturated rings. The third-order valence-corrected chi connectivity index (χ3v) is 3.29. The SMILES string of the molecule is Cc1cnnc(NC(C)C(C)CBr)c1. The lowest BCUT2D eigenvalue weighted by molar-refractivity contribution is 0.569. The number of hydrogen-bond donors (Lipinski definition) is 1. The van der Waals surface area contributed by atoms with Crippen molar-refractivity contribution in [1.82, 2.24) is 10.2 Å². The van der Waals surface area contributed by atoms with Crippen LogP contribution in [-0.4, -0.2) is 21.6 Å². The van der Waals surface area contributed by atoms with Gasteiger partial charge < -0.3 is 5.32 Å². The van der Waals surface area contributed by atoms with Crippen molar-refractivity contribution >= 4 is 21.7 Å². The van der Waals surface area contributed by atoms with E-state index in [-0.39, 0.29) is 0 Å². The summed E-state index contributed by atoms with van der Waals surface area (Å²) in [5.41, 5.74) is 1.13. The Morgan fingerprint density at radius 1 is 1.50 bits per heavy atom. The Kier molecular flexibility index (Phi) is 4.32. The molecule has 0 aliphatic rings. The Balaban J connectivity index is 2.60. The van der Waals surface area contributed by atoms with Gasteiger partial charge in [-0.2, -0.15) is 5.10 Å². The third kappa shape index (κ3) is 3.25. The summed E-state index contributed by atoms with van der Waals surface area (Å²) in [7, 11) is 0. The average molecular weight is 258 g/mol. The fourth-order valence-electron chi connectivity index (χ4n) is 1.04. The molecule has 1 N–H and O–H groups in total. The number of alkyl halides is 1. The van der Waals surface area contributed by atoms with Crippen molar-refractivity contribution in [3.05, 3.63) is 17.8 Å². The lowest BCUT2D eigenvalue weighted by atomic mass is 10.1. The van der Waals surface area contributed by atoms with Crippen LogP contribution in [0.1, 0.15) is 19.4 Å². The molecule has 0 aliphatic heterocycles. The van der Waals surface area contributed by atoms with E-state index in [9.17, 15) is 0 Å². The highest BCUT2D eigenvalue weighted by atomic mass is 79.9. The molecule has 1 rings (SSSR count). The van der Waals surface area contributed by atoms with Gasteiger partial charge in [0, 0.05) is 11.4 Å². The van der Waals surface area contributed by atoms with Crippen molar-refractivity contribution < 1.29 is 0 Å². The number of rotatable bonds is 4. The molecule has 0 amide bonds. The van der Waals surface area contributed by atoms with E-state index < -0.39 is 0 Å². The van der Waals surface area contributed by atoms with E-state index >= 15 is 0 Å². The zero-order valence-electron chi connectivity index (χ0n) is 8.79. The molecule has 1 aromatic rings. The number of hydrogen-bond acceptors (Lipinski definition) is 3. The number of anilines is 1. The van der Waals surface area contributed by atoms with Crippen LogP contribution in [0.4, 0.5) is 5.82 Å². The second-order valence-corrected chi connectivity index (χ2v) is 4.33. The summed E-state index contributed by atoms with van der Waals surface area (Å²) in [6.45, 7) is 6.35. The maximum Gasteiger partial charge on any atom is 0.149 e. The van der Waals surface area contributed by atoms with Gasteiger partial charge in [0.1, 0.15) is 5.82 Å². The molecule has 0 aliphatic carbocycles. The van der Waals surface area contributed by atoms with Gasteiger partial charge in [-0.15, -0.1) is 5.10 Å². The maximum atomic E-state index is 4.02. The molecule has 0 radical (unpaired) electrons. The maximum absolute atomic E-state index is 4.02. The summed E-state index contributed by atoms with van der Waals surface area (Å²) < 4.78 is 0. The summed E-state index contributed by atoms with van der Waals surface area (Å²) in [4.78, 5) is 0. The Labute approximate surface area is 93.4 Å². The van der Waals surface area contributed by atoms with E-state index in [1.54, 1.807) is 6.20 Å². The zero-order chi connectivity index (χ0) is 10.6. The summed E-state index contributed by atoms with van der Waals surface area (Å²) >= 11 is 3.47. The predicted octanol–water partition coefficient (Wildman–Crippen LogP) is 2.62. The quantitative estimate of drug-likeness (QED) is 0.843. The normalized spacial score (nSPS) is 14.9. The average Bonchev–Trinajstić information content (AvgIpc) is 2.16. The molecule has 14 heavy (non-hydrogen) atoms. The van der Waals surface area contributed by atoms with Crippen molar-refractivity contribution in [1.29, 1.82) is 0 Å². The number of halogens is 1. The molecule has 1 aromatic heterocycles. The summed E-state index contributed by atoms with van der Waals surface area (Å²) in [5.74, 6) is 1.42. The van der Waals surface area contributed by atoms with E-state index in [1.807, 2.05) is 13.0 Å². The third-order valence-electron chi connectivity index (χ3n) is 2.26. The van der Waals surface area contributed by atoms with Crippen molar-refractivity contribution in [2.45, 2.75) is 26.8 Å². The molecule has 4 heteroatoms. The number of aromatic nitrogens is 2. The Bertz CT molecular complexity index is 290. The van der Waals surface area contributed by atoms with Crippen molar-refractivity contribution in [3.63, 3.8) is 0 Å². The number of aryl methyl sites for hydroxylation is 1. The van der Waals surface area contributed by atoms with Gasteiger partial charge in [0.15, 0.2) is 0 Å². The van der Waals surface area contributed by atoms with Crippen molar-refractivity contribution in [2.24, 2.45) is 5.92 Å². The molecular formula is C10H16BrN3. The van der Waals surface area contributed by atoms with Crippen LogP contribution in [-0.2, 0) is 0 Å². The molecule has 1 heterocycles. The van der Waals surface area contributed by atoms with Crippen LogP contribution in [0.15, 0.2) is 12.3 Å². The lowest BCUT2D eigenvalue weighted by Gasteiger charge is -2.19. The van der Waals surface area contributed by atoms with Gasteiger partial charge in [0.05, 0.1) is 6.20 Å². The number of nitrogens with zero attached hydrogens (tertiary/aromatic N) is 2. The molecule has 2 atom stereocenters. The molecule has 0 aromatic carbocycles. The molecule has 78 valence electrons. The first-order chi connectivity index (χ1) is 6.63. The van der Waals surface area contributed by atoms with E-state index in [0.717, 1.165) is 16.7 Å². The van der Waals surface area contributed by atoms with E-state index in [2.05, 4.69) is 45.3 Å². The van der Waals surface area contributed by atoms with E-state index in [0.29, 0.717) is 12.0 Å². The Morgan fingerprint density at radius 3 is 2.79 bits per heavy atom. The van der Waals surface area contributed by atoms with Gasteiger partial charge >= 0.3 is 0 Å². The predicted molar refractivity (Wildman–Crippen MR) is 62.8 cm³/mol. The van der Waals surface area contributed by atoms with Gasteiger partial charge in [0.2, 0.25) is 0 Å². The van der Waals surface area contributed by atoms with Crippen LogP contribution >= 0.6 is 15.9 Å². The molecular weight excluding hydrogens is 242 g/mol. The highest BCUT2D eigenvalue weighted by molar-refractivity contribution is 9.09. The topological polar surface area (TPSA) is 37.8 Å². The molecule has 2 unspecified atom stereocenters. The first-order valence-corrected chi connectivity index (χ1v) is 5.87. The Hall–Kier alpha value is -0.640. The van der Waals surface area contributed by atoms with Gasteiger partial charge in [0.25, 0.3) is 0 Å². The Morgan fingerprint density at radius 2 is 2.21 bits per heavy atom. The largest absolute Gasteiger partial charge is 0.366 e. The van der Waals surface area contributed by atoms with Gasteiger partial charge in [-0.25, -0.2) is 0 Å². The fraction of sp³-hybridized carbons (Fsp3) is 0.600. The fourth-order valence-corrected chi connectivity index (χ4v) is 1.60. The van der Waals surface area contributed by atoms with Gasteiger partial charge in [-0.3, -0.25) is 0 Å². The molecule has 0 spiro atoms. The minimum atomic E-state index is 0.394. The number of nitrogens with one attached hydrogen (secondary N) is 1. The first-order valence-electron chi connectivity index (χ1n) is 4.75. The van der Waals surface area contributed by atoms with E-state index in [1.165, 1.54) is 0 Å². The molecule has 3 nitrogen and oxygen atoms in total. The monoisotopic (exact) mass is 257 g/mol. The van der Waals surface area contributed by atoms with Crippen LogP contribution in [0.25, 0.3) is 0 Å². The lowest BCUT2D eigenvalue weighted by Crippen LogP contribution is -2.25. The van der Waals surface area contributed by atoms with Crippen molar-refractivity contribution in [2.75, 3.05) is 10.6 Å². The molecule has 0 bridgehead atoms. The van der Waals surface area contributed by atoms with Gasteiger partial charge in [-0.05, 0) is 31.4 Å². The summed E-state index contributed by atoms with van der Waals surface area (Å²) in [6.07, 6.45) is 1.75. The minimum absolute atomic E-state index is 0.394. The second-order valence-electron chi connectivity index (χ2n) is 3.68. The summed E-state index contributed by atoms with van der Waals surface area (Å²) in [6, 6.07) is 2.40.